The number of nitriles is 1. The van der Waals surface area contributed by atoms with Crippen molar-refractivity contribution >= 4 is 21.6 Å². The lowest BCUT2D eigenvalue weighted by Gasteiger charge is -2.26. The number of nitrogens with zero attached hydrogens (tertiary/aromatic N) is 2. The van der Waals surface area contributed by atoms with Crippen LogP contribution in [0.25, 0.3) is 0 Å². The monoisotopic (exact) mass is 326 g/mol. The molecule has 4 nitrogen and oxygen atoms in total. The number of halogens is 1. The summed E-state index contributed by atoms with van der Waals surface area (Å²) in [6.07, 6.45) is 6.29. The van der Waals surface area contributed by atoms with Gasteiger partial charge in [-0.1, -0.05) is 37.3 Å². The molecule has 1 aromatic carbocycles. The van der Waals surface area contributed by atoms with Crippen molar-refractivity contribution in [3.05, 3.63) is 28.8 Å². The van der Waals surface area contributed by atoms with Gasteiger partial charge in [0.25, 0.3) is 0 Å². The molecule has 0 aliphatic heterocycles. The maximum atomic E-state index is 12.7. The van der Waals surface area contributed by atoms with Crippen LogP contribution in [0.3, 0.4) is 0 Å². The van der Waals surface area contributed by atoms with Gasteiger partial charge in [0.1, 0.15) is 6.07 Å². The second-order valence-corrected chi connectivity index (χ2v) is 7.82. The van der Waals surface area contributed by atoms with Crippen molar-refractivity contribution in [1.82, 2.24) is 4.31 Å². The van der Waals surface area contributed by atoms with Gasteiger partial charge in [0, 0.05) is 13.1 Å². The summed E-state index contributed by atoms with van der Waals surface area (Å²) in [6, 6.07) is 6.25. The Balaban J connectivity index is 2.28. The van der Waals surface area contributed by atoms with Crippen LogP contribution in [0.5, 0.6) is 0 Å². The molecule has 1 aliphatic carbocycles. The first kappa shape index (κ1) is 16.3. The predicted octanol–water partition coefficient (Wildman–Crippen LogP) is 3.55. The first-order valence-corrected chi connectivity index (χ1v) is 8.96. The summed E-state index contributed by atoms with van der Waals surface area (Å²) in [6.45, 7) is 0. The first-order valence-electron chi connectivity index (χ1n) is 7.14. The highest BCUT2D eigenvalue weighted by Crippen LogP contribution is 2.27. The molecule has 0 spiro atoms. The van der Waals surface area contributed by atoms with E-state index < -0.39 is 10.0 Å². The lowest BCUT2D eigenvalue weighted by Crippen LogP contribution is -2.36. The normalized spacial score (nSPS) is 17.4. The molecule has 0 N–H and O–H groups in total. The van der Waals surface area contributed by atoms with E-state index in [1.54, 1.807) is 7.05 Å². The third-order valence-corrected chi connectivity index (χ3v) is 6.30. The highest BCUT2D eigenvalue weighted by atomic mass is 35.5. The standard InChI is InChI=1S/C15H19ClN2O2S/c1-18(13-6-4-2-3-5-7-13)21(19,20)14-9-8-12(11-17)15(16)10-14/h8-10,13H,2-7H2,1H3. The Morgan fingerprint density at radius 3 is 2.38 bits per heavy atom. The van der Waals surface area contributed by atoms with Gasteiger partial charge in [-0.05, 0) is 31.0 Å². The van der Waals surface area contributed by atoms with Gasteiger partial charge in [-0.3, -0.25) is 0 Å². The number of hydrogen-bond donors (Lipinski definition) is 0. The minimum Gasteiger partial charge on any atom is -0.207 e. The van der Waals surface area contributed by atoms with E-state index in [2.05, 4.69) is 0 Å². The van der Waals surface area contributed by atoms with Gasteiger partial charge in [0.15, 0.2) is 0 Å². The van der Waals surface area contributed by atoms with Crippen molar-refractivity contribution in [1.29, 1.82) is 5.26 Å². The van der Waals surface area contributed by atoms with E-state index >= 15 is 0 Å². The zero-order chi connectivity index (χ0) is 15.5. The Morgan fingerprint density at radius 2 is 1.86 bits per heavy atom. The topological polar surface area (TPSA) is 61.2 Å². The van der Waals surface area contributed by atoms with E-state index in [1.807, 2.05) is 6.07 Å². The minimum atomic E-state index is -3.56. The van der Waals surface area contributed by atoms with Crippen LogP contribution in [0.4, 0.5) is 0 Å². The summed E-state index contributed by atoms with van der Waals surface area (Å²) >= 11 is 5.95. The Hall–Kier alpha value is -1.09. The molecule has 0 amide bonds. The molecule has 0 unspecified atom stereocenters. The second kappa shape index (κ2) is 6.78. The molecule has 0 heterocycles. The smallest absolute Gasteiger partial charge is 0.207 e. The van der Waals surface area contributed by atoms with Crippen LogP contribution in [0, 0.1) is 11.3 Å². The molecule has 1 aromatic rings. The van der Waals surface area contributed by atoms with Gasteiger partial charge in [0.05, 0.1) is 15.5 Å². The van der Waals surface area contributed by atoms with Gasteiger partial charge in [-0.15, -0.1) is 0 Å². The molecule has 21 heavy (non-hydrogen) atoms. The van der Waals surface area contributed by atoms with Gasteiger partial charge in [-0.25, -0.2) is 8.42 Å². The summed E-state index contributed by atoms with van der Waals surface area (Å²) in [4.78, 5) is 0.151. The molecule has 1 fully saturated rings. The van der Waals surface area contributed by atoms with E-state index in [4.69, 9.17) is 16.9 Å². The molecule has 2 rings (SSSR count). The third kappa shape index (κ3) is 3.57. The average Bonchev–Trinajstić information content (AvgIpc) is 2.75. The molecular weight excluding hydrogens is 308 g/mol. The quantitative estimate of drug-likeness (QED) is 0.798. The maximum absolute atomic E-state index is 12.7. The molecule has 1 saturated carbocycles. The van der Waals surface area contributed by atoms with E-state index in [0.717, 1.165) is 25.7 Å². The Labute approximate surface area is 131 Å². The SMILES string of the molecule is CN(C1CCCCCC1)S(=O)(=O)c1ccc(C#N)c(Cl)c1. The van der Waals surface area contributed by atoms with Crippen LogP contribution in [0.2, 0.25) is 5.02 Å². The van der Waals surface area contributed by atoms with Crippen LogP contribution in [0.1, 0.15) is 44.1 Å². The highest BCUT2D eigenvalue weighted by molar-refractivity contribution is 7.89. The Bertz CT molecular complexity index is 644. The minimum absolute atomic E-state index is 0.0481. The van der Waals surface area contributed by atoms with Crippen molar-refractivity contribution < 1.29 is 8.42 Å². The predicted molar refractivity (Wildman–Crippen MR) is 82.6 cm³/mol. The highest BCUT2D eigenvalue weighted by Gasteiger charge is 2.28. The Kier molecular flexibility index (Phi) is 5.26. The summed E-state index contributed by atoms with van der Waals surface area (Å²) in [5.41, 5.74) is 0.285. The lowest BCUT2D eigenvalue weighted by molar-refractivity contribution is 0.335. The summed E-state index contributed by atoms with van der Waals surface area (Å²) in [5.74, 6) is 0. The summed E-state index contributed by atoms with van der Waals surface area (Å²) < 4.78 is 26.8. The van der Waals surface area contributed by atoms with Gasteiger partial charge < -0.3 is 0 Å². The molecule has 0 saturated heterocycles. The van der Waals surface area contributed by atoms with Crippen LogP contribution >= 0.6 is 11.6 Å². The maximum Gasteiger partial charge on any atom is 0.243 e. The molecule has 0 bridgehead atoms. The van der Waals surface area contributed by atoms with Gasteiger partial charge >= 0.3 is 0 Å². The number of sulfonamides is 1. The van der Waals surface area contributed by atoms with Crippen LogP contribution < -0.4 is 0 Å². The van der Waals surface area contributed by atoms with Gasteiger partial charge in [0.2, 0.25) is 10.0 Å². The lowest BCUT2D eigenvalue weighted by atomic mass is 10.1. The fourth-order valence-electron chi connectivity index (χ4n) is 2.73. The average molecular weight is 327 g/mol. The fraction of sp³-hybridized carbons (Fsp3) is 0.533. The molecule has 0 atom stereocenters. The van der Waals surface area contributed by atoms with Crippen LogP contribution in [0.15, 0.2) is 23.1 Å². The van der Waals surface area contributed by atoms with E-state index in [1.165, 1.54) is 35.3 Å². The van der Waals surface area contributed by atoms with E-state index in [-0.39, 0.29) is 21.5 Å². The summed E-state index contributed by atoms with van der Waals surface area (Å²) in [7, 11) is -1.93. The van der Waals surface area contributed by atoms with Gasteiger partial charge in [-0.2, -0.15) is 9.57 Å². The Morgan fingerprint density at radius 1 is 1.24 bits per heavy atom. The van der Waals surface area contributed by atoms with Crippen molar-refractivity contribution in [3.63, 3.8) is 0 Å². The largest absolute Gasteiger partial charge is 0.243 e. The molecule has 1 aliphatic rings. The molecule has 0 aromatic heterocycles. The third-order valence-electron chi connectivity index (χ3n) is 4.08. The number of hydrogen-bond acceptors (Lipinski definition) is 3. The van der Waals surface area contributed by atoms with Crippen LogP contribution in [-0.2, 0) is 10.0 Å². The molecule has 114 valence electrons. The van der Waals surface area contributed by atoms with E-state index in [0.29, 0.717) is 0 Å². The zero-order valence-electron chi connectivity index (χ0n) is 12.0. The molecule has 6 heteroatoms. The van der Waals surface area contributed by atoms with E-state index in [9.17, 15) is 8.42 Å². The van der Waals surface area contributed by atoms with Crippen molar-refractivity contribution in [2.75, 3.05) is 7.05 Å². The zero-order valence-corrected chi connectivity index (χ0v) is 13.6. The van der Waals surface area contributed by atoms with Crippen molar-refractivity contribution in [2.45, 2.75) is 49.5 Å². The molecule has 0 radical (unpaired) electrons. The van der Waals surface area contributed by atoms with Crippen molar-refractivity contribution in [2.24, 2.45) is 0 Å². The first-order chi connectivity index (χ1) is 9.96. The van der Waals surface area contributed by atoms with Crippen LogP contribution in [-0.4, -0.2) is 25.8 Å². The fourth-order valence-corrected chi connectivity index (χ4v) is 4.46. The second-order valence-electron chi connectivity index (χ2n) is 5.42. The molecular formula is C15H19ClN2O2S. The van der Waals surface area contributed by atoms with Crippen molar-refractivity contribution in [3.8, 4) is 6.07 Å². The number of benzene rings is 1. The summed E-state index contributed by atoms with van der Waals surface area (Å²) in [5, 5.41) is 9.04. The number of rotatable bonds is 3.